The lowest BCUT2D eigenvalue weighted by Gasteiger charge is -2.13. The molecular formula is C13H15O3. The minimum Gasteiger partial charge on any atom is -0.507 e. The summed E-state index contributed by atoms with van der Waals surface area (Å²) in [6, 6.07) is 5.35. The molecule has 0 bridgehead atoms. The van der Waals surface area contributed by atoms with Gasteiger partial charge in [-0.05, 0) is 24.3 Å². The highest BCUT2D eigenvalue weighted by atomic mass is 16.4. The molecule has 0 atom stereocenters. The Morgan fingerprint density at radius 3 is 2.62 bits per heavy atom. The van der Waals surface area contributed by atoms with Crippen molar-refractivity contribution in [3.63, 3.8) is 0 Å². The van der Waals surface area contributed by atoms with E-state index in [4.69, 9.17) is 0 Å². The van der Waals surface area contributed by atoms with E-state index in [9.17, 15) is 15.0 Å². The van der Waals surface area contributed by atoms with Crippen LogP contribution in [0.25, 0.3) is 0 Å². The summed E-state index contributed by atoms with van der Waals surface area (Å²) in [6.07, 6.45) is 4.33. The van der Waals surface area contributed by atoms with Crippen molar-refractivity contribution in [3.05, 3.63) is 29.3 Å². The molecule has 0 aliphatic heterocycles. The summed E-state index contributed by atoms with van der Waals surface area (Å²) < 4.78 is 0. The molecule has 1 N–H and O–H groups in total. The minimum absolute atomic E-state index is 0.151. The van der Waals surface area contributed by atoms with Crippen molar-refractivity contribution in [1.82, 2.24) is 0 Å². The maximum atomic E-state index is 10.5. The number of carbonyl (C=O) groups is 1. The Kier molecular flexibility index (Phi) is 3.13. The van der Waals surface area contributed by atoms with Crippen LogP contribution in [0.4, 0.5) is 0 Å². The largest absolute Gasteiger partial charge is 0.507 e. The van der Waals surface area contributed by atoms with Gasteiger partial charge in [0.2, 0.25) is 0 Å². The van der Waals surface area contributed by atoms with E-state index in [2.05, 4.69) is 0 Å². The molecule has 0 spiro atoms. The van der Waals surface area contributed by atoms with Gasteiger partial charge in [0.05, 0.1) is 6.42 Å². The smallest absolute Gasteiger partial charge is 0.360 e. The lowest BCUT2D eigenvalue weighted by atomic mass is 9.94. The van der Waals surface area contributed by atoms with Gasteiger partial charge in [0.25, 0.3) is 0 Å². The molecule has 1 aliphatic carbocycles. The van der Waals surface area contributed by atoms with Crippen LogP contribution in [0.2, 0.25) is 0 Å². The van der Waals surface area contributed by atoms with Crippen molar-refractivity contribution in [3.8, 4) is 5.75 Å². The van der Waals surface area contributed by atoms with Crippen molar-refractivity contribution in [2.75, 3.05) is 0 Å². The Morgan fingerprint density at radius 1 is 1.31 bits per heavy atom. The van der Waals surface area contributed by atoms with E-state index in [0.29, 0.717) is 11.5 Å². The molecule has 0 aromatic heterocycles. The van der Waals surface area contributed by atoms with Gasteiger partial charge in [0.1, 0.15) is 5.75 Å². The molecule has 16 heavy (non-hydrogen) atoms. The summed E-state index contributed by atoms with van der Waals surface area (Å²) in [6.45, 7) is 0. The molecule has 1 aromatic carbocycles. The summed E-state index contributed by atoms with van der Waals surface area (Å²) in [7, 11) is 0. The lowest BCUT2D eigenvalue weighted by molar-refractivity contribution is -0.142. The van der Waals surface area contributed by atoms with Crippen molar-refractivity contribution < 1.29 is 15.0 Å². The molecule has 1 aromatic rings. The van der Waals surface area contributed by atoms with Crippen LogP contribution in [0.1, 0.15) is 42.7 Å². The average molecular weight is 219 g/mol. The number of aromatic hydroxyl groups is 1. The molecule has 1 saturated carbocycles. The summed E-state index contributed by atoms with van der Waals surface area (Å²) in [5, 5.41) is 20.5. The summed E-state index contributed by atoms with van der Waals surface area (Å²) in [5.74, 6) is -0.612. The Labute approximate surface area is 94.7 Å². The first-order valence-electron chi connectivity index (χ1n) is 5.69. The van der Waals surface area contributed by atoms with Gasteiger partial charge in [0.15, 0.2) is 0 Å². The minimum atomic E-state index is -1.15. The molecule has 0 amide bonds. The molecule has 1 aliphatic rings. The maximum Gasteiger partial charge on any atom is 0.360 e. The van der Waals surface area contributed by atoms with E-state index in [1.165, 1.54) is 12.8 Å². The van der Waals surface area contributed by atoms with Gasteiger partial charge in [0, 0.05) is 5.56 Å². The van der Waals surface area contributed by atoms with Gasteiger partial charge in [-0.15, -0.1) is 0 Å². The maximum absolute atomic E-state index is 10.5. The van der Waals surface area contributed by atoms with E-state index in [-0.39, 0.29) is 12.2 Å². The summed E-state index contributed by atoms with van der Waals surface area (Å²) in [5.41, 5.74) is 1.36. The first-order valence-corrected chi connectivity index (χ1v) is 5.69. The first kappa shape index (κ1) is 11.0. The third-order valence-electron chi connectivity index (χ3n) is 3.28. The third-order valence-corrected chi connectivity index (χ3v) is 3.28. The monoisotopic (exact) mass is 219 g/mol. The van der Waals surface area contributed by atoms with Gasteiger partial charge >= 0.3 is 5.97 Å². The molecule has 1 radical (unpaired) electrons. The SMILES string of the molecule is [O]C(=O)Cc1cccc(C2CCCC2)c1O. The van der Waals surface area contributed by atoms with E-state index in [1.807, 2.05) is 12.1 Å². The highest BCUT2D eigenvalue weighted by molar-refractivity contribution is 5.71. The number of rotatable bonds is 3. The molecule has 0 unspecified atom stereocenters. The second kappa shape index (κ2) is 4.56. The number of phenols is 1. The van der Waals surface area contributed by atoms with Crippen LogP contribution in [0.3, 0.4) is 0 Å². The van der Waals surface area contributed by atoms with E-state index >= 15 is 0 Å². The normalized spacial score (nSPS) is 16.5. The van der Waals surface area contributed by atoms with Gasteiger partial charge < -0.3 is 5.11 Å². The predicted molar refractivity (Wildman–Crippen MR) is 58.7 cm³/mol. The van der Waals surface area contributed by atoms with Crippen LogP contribution < -0.4 is 0 Å². The summed E-state index contributed by atoms with van der Waals surface area (Å²) >= 11 is 0. The standard InChI is InChI=1S/C13H15O3/c14-12(15)8-10-6-3-7-11(13(10)16)9-4-1-2-5-9/h3,6-7,9,16H,1-2,4-5,8H2. The Bertz CT molecular complexity index is 392. The second-order valence-corrected chi connectivity index (χ2v) is 4.39. The van der Waals surface area contributed by atoms with Crippen LogP contribution in [0.5, 0.6) is 5.75 Å². The third kappa shape index (κ3) is 2.18. The van der Waals surface area contributed by atoms with Crippen molar-refractivity contribution in [2.45, 2.75) is 38.0 Å². The lowest BCUT2D eigenvalue weighted by Crippen LogP contribution is -2.01. The highest BCUT2D eigenvalue weighted by Crippen LogP contribution is 2.39. The quantitative estimate of drug-likeness (QED) is 0.849. The van der Waals surface area contributed by atoms with Crippen LogP contribution in [-0.2, 0) is 16.3 Å². The molecular weight excluding hydrogens is 204 g/mol. The molecule has 0 saturated heterocycles. The van der Waals surface area contributed by atoms with Crippen LogP contribution in [0, 0.1) is 0 Å². The fourth-order valence-electron chi connectivity index (χ4n) is 2.48. The molecule has 1 fully saturated rings. The number of carbonyl (C=O) groups excluding carboxylic acids is 1. The molecule has 85 valence electrons. The summed E-state index contributed by atoms with van der Waals surface area (Å²) in [4.78, 5) is 10.5. The Balaban J connectivity index is 2.28. The van der Waals surface area contributed by atoms with Crippen LogP contribution in [-0.4, -0.2) is 11.1 Å². The Morgan fingerprint density at radius 2 is 2.00 bits per heavy atom. The van der Waals surface area contributed by atoms with Gasteiger partial charge in [-0.1, -0.05) is 31.0 Å². The number of para-hydroxylation sites is 1. The first-order chi connectivity index (χ1) is 7.68. The zero-order chi connectivity index (χ0) is 11.5. The molecule has 0 heterocycles. The molecule has 3 heteroatoms. The zero-order valence-corrected chi connectivity index (χ0v) is 9.11. The number of benzene rings is 1. The van der Waals surface area contributed by atoms with E-state index in [0.717, 1.165) is 18.4 Å². The van der Waals surface area contributed by atoms with Crippen LogP contribution >= 0.6 is 0 Å². The predicted octanol–water partition coefficient (Wildman–Crippen LogP) is 2.55. The number of phenolic OH excluding ortho intramolecular Hbond substituents is 1. The fraction of sp³-hybridized carbons (Fsp3) is 0.462. The van der Waals surface area contributed by atoms with Gasteiger partial charge in [-0.2, -0.15) is 0 Å². The second-order valence-electron chi connectivity index (χ2n) is 4.39. The van der Waals surface area contributed by atoms with Crippen molar-refractivity contribution in [2.24, 2.45) is 0 Å². The van der Waals surface area contributed by atoms with Crippen LogP contribution in [0.15, 0.2) is 18.2 Å². The molecule has 2 rings (SSSR count). The van der Waals surface area contributed by atoms with Gasteiger partial charge in [-0.25, -0.2) is 9.90 Å². The zero-order valence-electron chi connectivity index (χ0n) is 9.11. The van der Waals surface area contributed by atoms with Crippen molar-refractivity contribution in [1.29, 1.82) is 0 Å². The topological polar surface area (TPSA) is 57.2 Å². The number of hydrogen-bond donors (Lipinski definition) is 1. The molecule has 3 nitrogen and oxygen atoms in total. The average Bonchev–Trinajstić information content (AvgIpc) is 2.73. The van der Waals surface area contributed by atoms with Gasteiger partial charge in [-0.3, -0.25) is 0 Å². The van der Waals surface area contributed by atoms with E-state index < -0.39 is 5.97 Å². The highest BCUT2D eigenvalue weighted by Gasteiger charge is 2.21. The number of hydrogen-bond acceptors (Lipinski definition) is 2. The Hall–Kier alpha value is -1.51. The van der Waals surface area contributed by atoms with E-state index in [1.54, 1.807) is 6.07 Å². The fourth-order valence-corrected chi connectivity index (χ4v) is 2.48. The van der Waals surface area contributed by atoms with Crippen molar-refractivity contribution >= 4 is 5.97 Å².